The van der Waals surface area contributed by atoms with Crippen LogP contribution >= 0.6 is 28.3 Å². The Hall–Kier alpha value is -1.83. The van der Waals surface area contributed by atoms with Gasteiger partial charge in [0.05, 0.1) is 0 Å². The summed E-state index contributed by atoms with van der Waals surface area (Å²) in [6.45, 7) is 4.35. The standard InChI is InChI=1S/C17H20BrN3O3.ClH/c1-2-9-19-10-11-20-16(22)12-3-5-13(6-4-12)21-17(23)14-7-8-15(18)24-14;/h3-8,19H,2,9-11H2,1H3,(H,20,22)(H,21,23);1H. The number of carbonyl (C=O) groups excluding carboxylic acids is 2. The van der Waals surface area contributed by atoms with Crippen LogP contribution in [0.5, 0.6) is 0 Å². The molecule has 0 fully saturated rings. The van der Waals surface area contributed by atoms with Crippen LogP contribution in [0.25, 0.3) is 0 Å². The van der Waals surface area contributed by atoms with E-state index in [2.05, 4.69) is 38.8 Å². The van der Waals surface area contributed by atoms with Gasteiger partial charge >= 0.3 is 0 Å². The Morgan fingerprint density at radius 3 is 2.32 bits per heavy atom. The van der Waals surface area contributed by atoms with Gasteiger partial charge in [-0.2, -0.15) is 0 Å². The average molecular weight is 431 g/mol. The monoisotopic (exact) mass is 429 g/mol. The first-order valence-electron chi connectivity index (χ1n) is 7.76. The number of halogens is 2. The third-order valence-electron chi connectivity index (χ3n) is 3.22. The summed E-state index contributed by atoms with van der Waals surface area (Å²) < 4.78 is 5.68. The first-order valence-corrected chi connectivity index (χ1v) is 8.55. The molecular weight excluding hydrogens is 410 g/mol. The summed E-state index contributed by atoms with van der Waals surface area (Å²) in [4.78, 5) is 24.0. The molecule has 136 valence electrons. The van der Waals surface area contributed by atoms with Crippen molar-refractivity contribution in [1.82, 2.24) is 10.6 Å². The van der Waals surface area contributed by atoms with Gasteiger partial charge in [-0.15, -0.1) is 12.4 Å². The van der Waals surface area contributed by atoms with Crippen molar-refractivity contribution in [1.29, 1.82) is 0 Å². The maximum atomic E-state index is 12.0. The molecule has 0 spiro atoms. The minimum Gasteiger partial charge on any atom is -0.444 e. The van der Waals surface area contributed by atoms with E-state index in [1.807, 2.05) is 0 Å². The lowest BCUT2D eigenvalue weighted by atomic mass is 10.2. The highest BCUT2D eigenvalue weighted by molar-refractivity contribution is 9.10. The lowest BCUT2D eigenvalue weighted by molar-refractivity contribution is 0.0953. The number of carbonyl (C=O) groups is 2. The average Bonchev–Trinajstić information content (AvgIpc) is 3.02. The normalized spacial score (nSPS) is 10.0. The maximum Gasteiger partial charge on any atom is 0.291 e. The molecule has 0 saturated heterocycles. The summed E-state index contributed by atoms with van der Waals surface area (Å²) in [6.07, 6.45) is 1.07. The van der Waals surface area contributed by atoms with Crippen LogP contribution in [-0.2, 0) is 0 Å². The first kappa shape index (κ1) is 21.2. The zero-order chi connectivity index (χ0) is 17.4. The summed E-state index contributed by atoms with van der Waals surface area (Å²) in [5, 5.41) is 8.76. The van der Waals surface area contributed by atoms with Gasteiger partial charge in [0, 0.05) is 24.3 Å². The molecule has 1 aromatic heterocycles. The lowest BCUT2D eigenvalue weighted by Crippen LogP contribution is -2.32. The molecule has 0 saturated carbocycles. The predicted octanol–water partition coefficient (Wildman–Crippen LogP) is 3.45. The van der Waals surface area contributed by atoms with E-state index in [0.29, 0.717) is 22.5 Å². The van der Waals surface area contributed by atoms with E-state index in [-0.39, 0.29) is 30.0 Å². The van der Waals surface area contributed by atoms with E-state index in [1.165, 1.54) is 0 Å². The van der Waals surface area contributed by atoms with Gasteiger partial charge in [-0.1, -0.05) is 6.92 Å². The molecule has 2 rings (SSSR count). The Morgan fingerprint density at radius 2 is 1.72 bits per heavy atom. The lowest BCUT2D eigenvalue weighted by Gasteiger charge is -2.07. The zero-order valence-electron chi connectivity index (χ0n) is 13.8. The molecule has 6 nitrogen and oxygen atoms in total. The van der Waals surface area contributed by atoms with Crippen LogP contribution in [0, 0.1) is 0 Å². The number of rotatable bonds is 8. The molecule has 25 heavy (non-hydrogen) atoms. The van der Waals surface area contributed by atoms with Crippen LogP contribution < -0.4 is 16.0 Å². The second-order valence-corrected chi connectivity index (χ2v) is 5.92. The van der Waals surface area contributed by atoms with Gasteiger partial charge in [0.15, 0.2) is 10.4 Å². The van der Waals surface area contributed by atoms with Crippen molar-refractivity contribution in [3.05, 3.63) is 52.4 Å². The fraction of sp³-hybridized carbons (Fsp3) is 0.294. The van der Waals surface area contributed by atoms with Crippen LogP contribution in [0.15, 0.2) is 45.5 Å². The van der Waals surface area contributed by atoms with E-state index < -0.39 is 0 Å². The Kier molecular flexibility index (Phi) is 9.26. The first-order chi connectivity index (χ1) is 11.6. The number of amides is 2. The van der Waals surface area contributed by atoms with Crippen molar-refractivity contribution >= 4 is 45.8 Å². The molecule has 2 amide bonds. The van der Waals surface area contributed by atoms with Crippen molar-refractivity contribution in [3.63, 3.8) is 0 Å². The molecule has 0 bridgehead atoms. The van der Waals surface area contributed by atoms with Crippen LogP contribution in [0.4, 0.5) is 5.69 Å². The van der Waals surface area contributed by atoms with Gasteiger partial charge in [-0.3, -0.25) is 9.59 Å². The molecule has 3 N–H and O–H groups in total. The summed E-state index contributed by atoms with van der Waals surface area (Å²) in [5.74, 6) is -0.274. The highest BCUT2D eigenvalue weighted by atomic mass is 79.9. The molecule has 0 radical (unpaired) electrons. The van der Waals surface area contributed by atoms with Crippen molar-refractivity contribution in [2.24, 2.45) is 0 Å². The van der Waals surface area contributed by atoms with E-state index in [4.69, 9.17) is 4.42 Å². The molecule has 0 aliphatic rings. The van der Waals surface area contributed by atoms with Crippen molar-refractivity contribution in [2.75, 3.05) is 25.0 Å². The van der Waals surface area contributed by atoms with E-state index in [1.54, 1.807) is 36.4 Å². The minimum atomic E-state index is -0.347. The molecule has 1 aromatic carbocycles. The fourth-order valence-corrected chi connectivity index (χ4v) is 2.31. The molecule has 1 heterocycles. The Bertz CT molecular complexity index is 689. The predicted molar refractivity (Wildman–Crippen MR) is 104 cm³/mol. The van der Waals surface area contributed by atoms with E-state index >= 15 is 0 Å². The number of anilines is 1. The SMILES string of the molecule is CCCNCCNC(=O)c1ccc(NC(=O)c2ccc(Br)o2)cc1.Cl. The zero-order valence-corrected chi connectivity index (χ0v) is 16.2. The third kappa shape index (κ3) is 6.89. The quantitative estimate of drug-likeness (QED) is 0.560. The Morgan fingerprint density at radius 1 is 1.00 bits per heavy atom. The fourth-order valence-electron chi connectivity index (χ4n) is 2.00. The second kappa shape index (κ2) is 10.9. The molecule has 8 heteroatoms. The number of nitrogens with one attached hydrogen (secondary N) is 3. The van der Waals surface area contributed by atoms with E-state index in [0.717, 1.165) is 19.5 Å². The van der Waals surface area contributed by atoms with Crippen LogP contribution in [0.2, 0.25) is 0 Å². The van der Waals surface area contributed by atoms with Gasteiger partial charge in [0.1, 0.15) is 0 Å². The van der Waals surface area contributed by atoms with Crippen molar-refractivity contribution in [2.45, 2.75) is 13.3 Å². The highest BCUT2D eigenvalue weighted by Gasteiger charge is 2.11. The van der Waals surface area contributed by atoms with Crippen LogP contribution in [0.1, 0.15) is 34.3 Å². The molecule has 0 aliphatic carbocycles. The minimum absolute atomic E-state index is 0. The van der Waals surface area contributed by atoms with Gasteiger partial charge in [-0.25, -0.2) is 0 Å². The van der Waals surface area contributed by atoms with Gasteiger partial charge in [0.2, 0.25) is 0 Å². The number of hydrogen-bond donors (Lipinski definition) is 3. The highest BCUT2D eigenvalue weighted by Crippen LogP contribution is 2.16. The third-order valence-corrected chi connectivity index (χ3v) is 3.64. The maximum absolute atomic E-state index is 12.0. The topological polar surface area (TPSA) is 83.4 Å². The Labute approximate surface area is 161 Å². The summed E-state index contributed by atoms with van der Waals surface area (Å²) in [7, 11) is 0. The summed E-state index contributed by atoms with van der Waals surface area (Å²) >= 11 is 3.15. The molecule has 0 unspecified atom stereocenters. The number of benzene rings is 1. The largest absolute Gasteiger partial charge is 0.444 e. The smallest absolute Gasteiger partial charge is 0.291 e. The van der Waals surface area contributed by atoms with Crippen molar-refractivity contribution < 1.29 is 14.0 Å². The van der Waals surface area contributed by atoms with Gasteiger partial charge < -0.3 is 20.4 Å². The van der Waals surface area contributed by atoms with Gasteiger partial charge in [-0.05, 0) is 65.3 Å². The van der Waals surface area contributed by atoms with Crippen LogP contribution in [-0.4, -0.2) is 31.4 Å². The van der Waals surface area contributed by atoms with Crippen LogP contribution in [0.3, 0.4) is 0 Å². The molecule has 2 aromatic rings. The van der Waals surface area contributed by atoms with Gasteiger partial charge in [0.25, 0.3) is 11.8 Å². The number of furan rings is 1. The van der Waals surface area contributed by atoms with E-state index in [9.17, 15) is 9.59 Å². The molecule has 0 atom stereocenters. The molecule has 0 aliphatic heterocycles. The summed E-state index contributed by atoms with van der Waals surface area (Å²) in [5.41, 5.74) is 1.14. The second-order valence-electron chi connectivity index (χ2n) is 5.14. The molecular formula is C17H21BrClN3O3. The Balaban J connectivity index is 0.00000312. The van der Waals surface area contributed by atoms with Crippen molar-refractivity contribution in [3.8, 4) is 0 Å². The summed E-state index contributed by atoms with van der Waals surface area (Å²) in [6, 6.07) is 9.93. The number of hydrogen-bond acceptors (Lipinski definition) is 4.